The number of rotatable bonds is 6. The second-order valence-electron chi connectivity index (χ2n) is 20.0. The fourth-order valence-corrected chi connectivity index (χ4v) is 11.3. The van der Waals surface area contributed by atoms with E-state index in [4.69, 9.17) is 15.0 Å². The molecular weight excluding hydrogens is 1310 g/mol. The van der Waals surface area contributed by atoms with Crippen molar-refractivity contribution in [2.24, 2.45) is 0 Å². The van der Waals surface area contributed by atoms with E-state index in [1.807, 2.05) is 85.2 Å². The summed E-state index contributed by atoms with van der Waals surface area (Å²) >= 11 is 3.18. The average Bonchev–Trinajstić information content (AvgIpc) is 4.03. The van der Waals surface area contributed by atoms with Gasteiger partial charge < -0.3 is 10.2 Å². The Morgan fingerprint density at radius 2 is 0.838 bits per heavy atom. The SMILES string of the molecule is CC(C)(C)c1cc(C(C)(C)C)c(-c2cccc3sc(-c4ccccc4O)nc23)[c-]c1-c1cc2ccccc2cn1.Oc1ccccc1-c1nc2c(-c3[c-]c(-c4cc5ccccc5cn4)ccc3)cccc2s1.[Pt].[Pt]. The van der Waals surface area contributed by atoms with Gasteiger partial charge in [-0.05, 0) is 68.8 Å². The maximum atomic E-state index is 10.5. The Morgan fingerprint density at radius 3 is 1.39 bits per heavy atom. The van der Waals surface area contributed by atoms with E-state index in [1.165, 1.54) is 11.1 Å². The zero-order chi connectivity index (χ0) is 49.7. The van der Waals surface area contributed by atoms with Crippen LogP contribution in [0.25, 0.3) is 108 Å². The van der Waals surface area contributed by atoms with Crippen molar-refractivity contribution in [2.45, 2.75) is 52.4 Å². The number of aromatic nitrogens is 4. The molecule has 0 aliphatic heterocycles. The normalized spacial score (nSPS) is 11.5. The molecule has 0 saturated carbocycles. The third kappa shape index (κ3) is 10.4. The summed E-state index contributed by atoms with van der Waals surface area (Å²) < 4.78 is 2.15. The number of hydrogen-bond acceptors (Lipinski definition) is 8. The molecule has 74 heavy (non-hydrogen) atoms. The Kier molecular flexibility index (Phi) is 15.0. The van der Waals surface area contributed by atoms with E-state index in [1.54, 1.807) is 34.8 Å². The van der Waals surface area contributed by atoms with Crippen molar-refractivity contribution in [3.05, 3.63) is 206 Å². The number of phenolic OH excluding ortho intramolecular Hbond substituents is 2. The predicted octanol–water partition coefficient (Wildman–Crippen LogP) is 17.3. The van der Waals surface area contributed by atoms with Gasteiger partial charge >= 0.3 is 0 Å². The molecule has 10 heteroatoms. The van der Waals surface area contributed by atoms with Crippen LogP contribution in [0.4, 0.5) is 0 Å². The van der Waals surface area contributed by atoms with Crippen LogP contribution in [-0.2, 0) is 53.0 Å². The van der Waals surface area contributed by atoms with Gasteiger partial charge in [-0.15, -0.1) is 81.3 Å². The third-order valence-electron chi connectivity index (χ3n) is 12.9. The topological polar surface area (TPSA) is 92.0 Å². The molecule has 4 aromatic heterocycles. The Morgan fingerprint density at radius 1 is 0.405 bits per heavy atom. The molecule has 0 aliphatic rings. The molecule has 372 valence electrons. The fraction of sp³-hybridized carbons (Fsp3) is 0.125. The summed E-state index contributed by atoms with van der Waals surface area (Å²) in [6, 6.07) is 64.0. The minimum atomic E-state index is -0.125. The van der Waals surface area contributed by atoms with Gasteiger partial charge in [-0.25, -0.2) is 9.97 Å². The molecule has 8 aromatic carbocycles. The standard InChI is InChI=1S/C36H33N2OS.C28H17N2OS.2Pt/c1-35(2,3)28-20-29(36(4,5)6)27(30-18-22-12-7-8-13-23(22)21-37-30)19-26(28)24-15-11-17-32-33(24)38-34(40-32)25-14-9-10-16-31(25)39;31-25-13-4-3-11-23(25)28-30-27-22(12-6-14-26(27)32-28)19-9-5-10-20(15-19)24-16-18-7-1-2-8-21(18)17-29-24;;/h7-18,20-21,39H,1-6H3;1-14,16-17,31H;;/q2*-1;;. The Bertz CT molecular complexity index is 4020. The number of aromatic hydroxyl groups is 2. The minimum absolute atomic E-state index is 0. The first kappa shape index (κ1) is 52.2. The molecule has 12 rings (SSSR count). The fourth-order valence-electron chi connectivity index (χ4n) is 9.23. The van der Waals surface area contributed by atoms with Crippen molar-refractivity contribution in [3.8, 4) is 77.4 Å². The summed E-state index contributed by atoms with van der Waals surface area (Å²) in [6.45, 7) is 13.5. The van der Waals surface area contributed by atoms with E-state index in [9.17, 15) is 10.2 Å². The molecule has 4 heterocycles. The van der Waals surface area contributed by atoms with Gasteiger partial charge in [0.05, 0.1) is 22.2 Å². The van der Waals surface area contributed by atoms with Crippen LogP contribution < -0.4 is 0 Å². The van der Waals surface area contributed by atoms with Crippen LogP contribution in [0.1, 0.15) is 52.7 Å². The zero-order valence-electron chi connectivity index (χ0n) is 41.5. The first-order valence-corrected chi connectivity index (χ1v) is 25.6. The van der Waals surface area contributed by atoms with E-state index in [2.05, 4.69) is 144 Å². The Labute approximate surface area is 468 Å². The van der Waals surface area contributed by atoms with Gasteiger partial charge in [-0.2, -0.15) is 0 Å². The van der Waals surface area contributed by atoms with Crippen molar-refractivity contribution >= 4 is 64.7 Å². The second-order valence-corrected chi connectivity index (χ2v) is 22.1. The van der Waals surface area contributed by atoms with Gasteiger partial charge in [-0.1, -0.05) is 173 Å². The third-order valence-corrected chi connectivity index (χ3v) is 15.1. The summed E-state index contributed by atoms with van der Waals surface area (Å²) in [6.07, 6.45) is 3.87. The maximum Gasteiger partial charge on any atom is 0.127 e. The quantitative estimate of drug-likeness (QED) is 0.161. The molecule has 6 nitrogen and oxygen atoms in total. The van der Waals surface area contributed by atoms with Crippen molar-refractivity contribution in [3.63, 3.8) is 0 Å². The van der Waals surface area contributed by atoms with Crippen molar-refractivity contribution in [1.82, 2.24) is 19.9 Å². The molecular formula is C64H50N4O2Pt2S2-2. The van der Waals surface area contributed by atoms with E-state index in [0.717, 1.165) is 108 Å². The van der Waals surface area contributed by atoms with Crippen LogP contribution in [0.5, 0.6) is 11.5 Å². The first-order valence-electron chi connectivity index (χ1n) is 24.0. The molecule has 2 N–H and O–H groups in total. The Balaban J connectivity index is 0.000000181. The van der Waals surface area contributed by atoms with Crippen LogP contribution in [-0.4, -0.2) is 30.1 Å². The number of thiazole rings is 2. The zero-order valence-corrected chi connectivity index (χ0v) is 47.6. The number of nitrogens with zero attached hydrogens (tertiary/aromatic N) is 4. The molecule has 0 fully saturated rings. The average molecular weight is 1360 g/mol. The molecule has 0 aliphatic carbocycles. The van der Waals surface area contributed by atoms with Crippen molar-refractivity contribution in [2.75, 3.05) is 0 Å². The number of hydrogen-bond donors (Lipinski definition) is 2. The van der Waals surface area contributed by atoms with Gasteiger partial charge in [-0.3, -0.25) is 9.97 Å². The maximum absolute atomic E-state index is 10.5. The summed E-state index contributed by atoms with van der Waals surface area (Å²) in [5, 5.41) is 27.0. The molecule has 0 saturated heterocycles. The Hall–Kier alpha value is -6.66. The van der Waals surface area contributed by atoms with Gasteiger partial charge in [0.1, 0.15) is 21.5 Å². The molecule has 0 amide bonds. The molecule has 0 spiro atoms. The van der Waals surface area contributed by atoms with E-state index in [0.29, 0.717) is 0 Å². The summed E-state index contributed by atoms with van der Waals surface area (Å²) in [5.74, 6) is 0.480. The minimum Gasteiger partial charge on any atom is -0.507 e. The summed E-state index contributed by atoms with van der Waals surface area (Å²) in [4.78, 5) is 19.5. The van der Waals surface area contributed by atoms with Gasteiger partial charge in [0.15, 0.2) is 0 Å². The second kappa shape index (κ2) is 21.3. The van der Waals surface area contributed by atoms with Crippen LogP contribution in [0.3, 0.4) is 0 Å². The van der Waals surface area contributed by atoms with E-state index >= 15 is 0 Å². The smallest absolute Gasteiger partial charge is 0.127 e. The summed E-state index contributed by atoms with van der Waals surface area (Å²) in [5.41, 5.74) is 13.4. The number of pyridine rings is 2. The van der Waals surface area contributed by atoms with E-state index in [-0.39, 0.29) is 64.5 Å². The van der Waals surface area contributed by atoms with Gasteiger partial charge in [0.25, 0.3) is 0 Å². The van der Waals surface area contributed by atoms with Crippen LogP contribution in [0.15, 0.2) is 182 Å². The van der Waals surface area contributed by atoms with Gasteiger partial charge in [0.2, 0.25) is 0 Å². The van der Waals surface area contributed by atoms with Crippen LogP contribution in [0.2, 0.25) is 0 Å². The molecule has 0 bridgehead atoms. The number of phenols is 2. The monoisotopic (exact) mass is 1360 g/mol. The predicted molar refractivity (Wildman–Crippen MR) is 301 cm³/mol. The van der Waals surface area contributed by atoms with Crippen molar-refractivity contribution < 1.29 is 52.3 Å². The molecule has 0 unspecified atom stereocenters. The number of fused-ring (bicyclic) bond motifs is 4. The molecule has 0 atom stereocenters. The van der Waals surface area contributed by atoms with Crippen LogP contribution in [0, 0.1) is 12.1 Å². The van der Waals surface area contributed by atoms with Crippen LogP contribution >= 0.6 is 22.7 Å². The van der Waals surface area contributed by atoms with Crippen molar-refractivity contribution in [1.29, 1.82) is 0 Å². The first-order chi connectivity index (χ1) is 34.8. The molecule has 12 aromatic rings. The van der Waals surface area contributed by atoms with Gasteiger partial charge in [0, 0.05) is 75.3 Å². The molecule has 0 radical (unpaired) electrons. The number of benzene rings is 8. The largest absolute Gasteiger partial charge is 0.507 e. The summed E-state index contributed by atoms with van der Waals surface area (Å²) in [7, 11) is 0. The number of para-hydroxylation sites is 4. The van der Waals surface area contributed by atoms with E-state index < -0.39 is 0 Å².